The minimum atomic E-state index is -0.836. The van der Waals surface area contributed by atoms with Gasteiger partial charge in [-0.3, -0.25) is 9.59 Å². The molecule has 0 unspecified atom stereocenters. The Morgan fingerprint density at radius 3 is 1.89 bits per heavy atom. The predicted octanol–water partition coefficient (Wildman–Crippen LogP) is 4.09. The zero-order valence-corrected chi connectivity index (χ0v) is 16.4. The topological polar surface area (TPSA) is 52.6 Å². The Bertz CT molecular complexity index is 861. The van der Waals surface area contributed by atoms with Crippen LogP contribution in [0.2, 0.25) is 0 Å². The summed E-state index contributed by atoms with van der Waals surface area (Å²) in [5.41, 5.74) is 1.76. The van der Waals surface area contributed by atoms with E-state index in [9.17, 15) is 9.59 Å². The van der Waals surface area contributed by atoms with Crippen molar-refractivity contribution < 1.29 is 18.9 Å². The summed E-state index contributed by atoms with van der Waals surface area (Å²) in [4.78, 5) is 26.9. The van der Waals surface area contributed by atoms with E-state index >= 15 is 0 Å². The molecule has 1 aromatic carbocycles. The maximum atomic E-state index is 13.5. The van der Waals surface area contributed by atoms with Gasteiger partial charge in [0.25, 0.3) is 0 Å². The molecule has 5 heteroatoms. The fourth-order valence-corrected chi connectivity index (χ4v) is 4.03. The van der Waals surface area contributed by atoms with E-state index in [1.807, 2.05) is 58.0 Å². The smallest absolute Gasteiger partial charge is 0.399 e. The van der Waals surface area contributed by atoms with Crippen molar-refractivity contribution in [2.75, 3.05) is 0 Å². The normalized spacial score (nSPS) is 24.5. The summed E-state index contributed by atoms with van der Waals surface area (Å²) in [6.45, 7) is 7.82. The molecule has 27 heavy (non-hydrogen) atoms. The summed E-state index contributed by atoms with van der Waals surface area (Å²) < 4.78 is 12.4. The standard InChI is InChI=1S/C22H25BO4/c1-21(2)22(3,4)27-23(26-21)18-17(14-10-6-5-7-11-14)19(24)15-12-8-9-13-16(15)20(18)25/h5-7,10-11H,8-9,12-13H2,1-4H3. The first-order valence-corrected chi connectivity index (χ1v) is 9.69. The average Bonchev–Trinajstić information content (AvgIpc) is 2.85. The number of hydrogen-bond donors (Lipinski definition) is 0. The summed E-state index contributed by atoms with van der Waals surface area (Å²) in [6.07, 6.45) is 3.22. The van der Waals surface area contributed by atoms with Crippen molar-refractivity contribution in [1.29, 1.82) is 0 Å². The second-order valence-electron chi connectivity index (χ2n) is 8.57. The first kappa shape index (κ1) is 18.4. The molecule has 140 valence electrons. The lowest BCUT2D eigenvalue weighted by atomic mass is 9.63. The Hall–Kier alpha value is -1.98. The second-order valence-corrected chi connectivity index (χ2v) is 8.57. The van der Waals surface area contributed by atoms with Crippen LogP contribution in [0.1, 0.15) is 58.9 Å². The molecule has 1 saturated heterocycles. The van der Waals surface area contributed by atoms with Crippen molar-refractivity contribution in [3.05, 3.63) is 52.5 Å². The van der Waals surface area contributed by atoms with E-state index in [1.165, 1.54) is 0 Å². The second kappa shape index (κ2) is 6.28. The zero-order valence-electron chi connectivity index (χ0n) is 16.4. The first-order valence-electron chi connectivity index (χ1n) is 9.69. The minimum absolute atomic E-state index is 0.0415. The molecule has 3 aliphatic rings. The molecule has 2 aliphatic carbocycles. The van der Waals surface area contributed by atoms with Gasteiger partial charge < -0.3 is 9.31 Å². The van der Waals surface area contributed by atoms with Crippen LogP contribution < -0.4 is 0 Å². The quantitative estimate of drug-likeness (QED) is 0.586. The van der Waals surface area contributed by atoms with Gasteiger partial charge in [-0.05, 0) is 58.9 Å². The van der Waals surface area contributed by atoms with E-state index in [1.54, 1.807) is 0 Å². The molecule has 0 saturated carbocycles. The molecule has 4 rings (SSSR count). The highest BCUT2D eigenvalue weighted by atomic mass is 16.7. The third kappa shape index (κ3) is 2.84. The molecule has 1 heterocycles. The SMILES string of the molecule is CC1(C)OB(C2=C(c3ccccc3)C(=O)C3=C(CCCC3)C2=O)OC1(C)C. The number of hydrogen-bond acceptors (Lipinski definition) is 4. The van der Waals surface area contributed by atoms with Crippen LogP contribution in [0, 0.1) is 0 Å². The van der Waals surface area contributed by atoms with Crippen LogP contribution in [0.15, 0.2) is 47.0 Å². The maximum absolute atomic E-state index is 13.5. The highest BCUT2D eigenvalue weighted by Crippen LogP contribution is 2.44. The predicted molar refractivity (Wildman–Crippen MR) is 105 cm³/mol. The Labute approximate surface area is 160 Å². The van der Waals surface area contributed by atoms with Crippen LogP contribution in [-0.4, -0.2) is 29.9 Å². The number of Topliss-reactive ketones (excluding diaryl/α,β-unsaturated/α-hetero) is 2. The van der Waals surface area contributed by atoms with Gasteiger partial charge in [0.2, 0.25) is 0 Å². The van der Waals surface area contributed by atoms with Crippen LogP contribution in [0.5, 0.6) is 0 Å². The van der Waals surface area contributed by atoms with Crippen molar-refractivity contribution in [1.82, 2.24) is 0 Å². The lowest BCUT2D eigenvalue weighted by Crippen LogP contribution is -2.41. The van der Waals surface area contributed by atoms with Crippen LogP contribution in [0.3, 0.4) is 0 Å². The lowest BCUT2D eigenvalue weighted by Gasteiger charge is -2.32. The van der Waals surface area contributed by atoms with Gasteiger partial charge in [0.05, 0.1) is 11.2 Å². The van der Waals surface area contributed by atoms with E-state index in [4.69, 9.17) is 9.31 Å². The first-order chi connectivity index (χ1) is 12.7. The number of benzene rings is 1. The monoisotopic (exact) mass is 364 g/mol. The van der Waals surface area contributed by atoms with Crippen LogP contribution in [-0.2, 0) is 18.9 Å². The van der Waals surface area contributed by atoms with Crippen LogP contribution >= 0.6 is 0 Å². The van der Waals surface area contributed by atoms with Crippen molar-refractivity contribution in [2.45, 2.75) is 64.6 Å². The third-order valence-corrected chi connectivity index (χ3v) is 6.31. The van der Waals surface area contributed by atoms with Gasteiger partial charge in [-0.2, -0.15) is 0 Å². The summed E-state index contributed by atoms with van der Waals surface area (Å²) in [5, 5.41) is 0. The van der Waals surface area contributed by atoms with E-state index in [0.717, 1.165) is 18.4 Å². The molecule has 0 aromatic heterocycles. The highest BCUT2D eigenvalue weighted by molar-refractivity contribution is 6.68. The molecule has 1 aliphatic heterocycles. The zero-order chi connectivity index (χ0) is 19.4. The van der Waals surface area contributed by atoms with Gasteiger partial charge in [0.15, 0.2) is 11.6 Å². The highest BCUT2D eigenvalue weighted by Gasteiger charge is 2.55. The summed E-state index contributed by atoms with van der Waals surface area (Å²) in [7, 11) is -0.836. The van der Waals surface area contributed by atoms with E-state index in [2.05, 4.69) is 0 Å². The van der Waals surface area contributed by atoms with Crippen molar-refractivity contribution in [2.24, 2.45) is 0 Å². The summed E-state index contributed by atoms with van der Waals surface area (Å²) >= 11 is 0. The molecular formula is C22H25BO4. The van der Waals surface area contributed by atoms with Gasteiger partial charge in [-0.1, -0.05) is 30.3 Å². The molecule has 1 aromatic rings. The fraction of sp³-hybridized carbons (Fsp3) is 0.455. The van der Waals surface area contributed by atoms with Gasteiger partial charge in [0.1, 0.15) is 0 Å². The Morgan fingerprint density at radius 2 is 1.33 bits per heavy atom. The molecule has 0 atom stereocenters. The van der Waals surface area contributed by atoms with Crippen LogP contribution in [0.25, 0.3) is 5.57 Å². The molecule has 0 bridgehead atoms. The number of carbonyl (C=O) groups is 2. The number of allylic oxidation sites excluding steroid dienone is 4. The Morgan fingerprint density at radius 1 is 0.815 bits per heavy atom. The van der Waals surface area contributed by atoms with E-state index < -0.39 is 18.3 Å². The van der Waals surface area contributed by atoms with Crippen molar-refractivity contribution in [3.63, 3.8) is 0 Å². The van der Waals surface area contributed by atoms with Crippen LogP contribution in [0.4, 0.5) is 0 Å². The fourth-order valence-electron chi connectivity index (χ4n) is 4.03. The third-order valence-electron chi connectivity index (χ3n) is 6.31. The summed E-state index contributed by atoms with van der Waals surface area (Å²) in [6, 6.07) is 9.42. The van der Waals surface area contributed by atoms with Crippen molar-refractivity contribution >= 4 is 24.3 Å². The van der Waals surface area contributed by atoms with E-state index in [0.29, 0.717) is 35.0 Å². The summed E-state index contributed by atoms with van der Waals surface area (Å²) in [5.74, 6) is -0.123. The number of rotatable bonds is 2. The number of ketones is 2. The van der Waals surface area contributed by atoms with Crippen molar-refractivity contribution in [3.8, 4) is 0 Å². The molecule has 4 nitrogen and oxygen atoms in total. The lowest BCUT2D eigenvalue weighted by molar-refractivity contribution is -0.115. The average molecular weight is 364 g/mol. The van der Waals surface area contributed by atoms with Gasteiger partial charge in [0, 0.05) is 22.2 Å². The molecule has 0 amide bonds. The molecule has 1 fully saturated rings. The molecule has 0 spiro atoms. The molecule has 0 radical (unpaired) electrons. The maximum Gasteiger partial charge on any atom is 0.499 e. The van der Waals surface area contributed by atoms with Gasteiger partial charge in [-0.15, -0.1) is 0 Å². The Balaban J connectivity index is 1.89. The largest absolute Gasteiger partial charge is 0.499 e. The minimum Gasteiger partial charge on any atom is -0.399 e. The van der Waals surface area contributed by atoms with Gasteiger partial charge in [-0.25, -0.2) is 0 Å². The van der Waals surface area contributed by atoms with Gasteiger partial charge >= 0.3 is 7.12 Å². The van der Waals surface area contributed by atoms with E-state index in [-0.39, 0.29) is 11.6 Å². The molecular weight excluding hydrogens is 339 g/mol. The molecule has 0 N–H and O–H groups in total. The Kier molecular flexibility index (Phi) is 4.28. The number of carbonyl (C=O) groups excluding carboxylic acids is 2.